The Morgan fingerprint density at radius 2 is 1.92 bits per heavy atom. The summed E-state index contributed by atoms with van der Waals surface area (Å²) in [6, 6.07) is 12.7. The Hall–Kier alpha value is -2.37. The van der Waals surface area contributed by atoms with E-state index in [1.165, 1.54) is 0 Å². The Labute approximate surface area is 151 Å². The zero-order chi connectivity index (χ0) is 18.0. The molecule has 3 rings (SSSR count). The predicted molar refractivity (Wildman–Crippen MR) is 96.5 cm³/mol. The Morgan fingerprint density at radius 1 is 1.16 bits per heavy atom. The fourth-order valence-corrected chi connectivity index (χ4v) is 3.26. The second kappa shape index (κ2) is 6.86. The molecule has 0 spiro atoms. The topological polar surface area (TPSA) is 78.4 Å². The van der Waals surface area contributed by atoms with Gasteiger partial charge >= 0.3 is 11.8 Å². The first-order valence-electron chi connectivity index (χ1n) is 8.06. The summed E-state index contributed by atoms with van der Waals surface area (Å²) in [6.07, 6.45) is 1.26. The Balaban J connectivity index is 1.63. The van der Waals surface area contributed by atoms with Crippen molar-refractivity contribution in [2.45, 2.75) is 25.4 Å². The maximum atomic E-state index is 12.1. The minimum absolute atomic E-state index is 0.00913. The molecular weight excluding hydrogens is 340 g/mol. The number of halogens is 1. The van der Waals surface area contributed by atoms with Gasteiger partial charge in [0.25, 0.3) is 0 Å². The van der Waals surface area contributed by atoms with Gasteiger partial charge in [0, 0.05) is 10.7 Å². The van der Waals surface area contributed by atoms with Crippen molar-refractivity contribution < 1.29 is 14.7 Å². The van der Waals surface area contributed by atoms with E-state index in [0.717, 1.165) is 17.5 Å². The zero-order valence-corrected chi connectivity index (χ0v) is 14.6. The highest BCUT2D eigenvalue weighted by atomic mass is 35.5. The van der Waals surface area contributed by atoms with Gasteiger partial charge in [-0.25, -0.2) is 0 Å². The number of anilines is 1. The SMILES string of the molecule is Cc1c(Cl)cccc1NC(=O)C(=O)NC[C@@]1(O)CCc2ccccc21. The summed E-state index contributed by atoms with van der Waals surface area (Å²) in [5.41, 5.74) is 1.91. The van der Waals surface area contributed by atoms with Gasteiger partial charge in [-0.2, -0.15) is 0 Å². The van der Waals surface area contributed by atoms with Crippen LogP contribution in [0.15, 0.2) is 42.5 Å². The first-order chi connectivity index (χ1) is 11.9. The van der Waals surface area contributed by atoms with E-state index in [1.807, 2.05) is 24.3 Å². The lowest BCUT2D eigenvalue weighted by Gasteiger charge is -2.24. The van der Waals surface area contributed by atoms with Crippen LogP contribution in [0.25, 0.3) is 0 Å². The van der Waals surface area contributed by atoms with Gasteiger partial charge in [-0.15, -0.1) is 0 Å². The lowest BCUT2D eigenvalue weighted by molar-refractivity contribution is -0.136. The van der Waals surface area contributed by atoms with Crippen LogP contribution >= 0.6 is 11.6 Å². The third-order valence-corrected chi connectivity index (χ3v) is 5.00. The number of nitrogens with one attached hydrogen (secondary N) is 2. The third kappa shape index (κ3) is 3.52. The summed E-state index contributed by atoms with van der Waals surface area (Å²) < 4.78 is 0. The highest BCUT2D eigenvalue weighted by molar-refractivity contribution is 6.40. The van der Waals surface area contributed by atoms with Crippen molar-refractivity contribution in [3.63, 3.8) is 0 Å². The van der Waals surface area contributed by atoms with Crippen LogP contribution < -0.4 is 10.6 Å². The van der Waals surface area contributed by atoms with Gasteiger partial charge in [-0.05, 0) is 48.6 Å². The number of carbonyl (C=O) groups is 2. The van der Waals surface area contributed by atoms with Crippen molar-refractivity contribution in [3.05, 3.63) is 64.2 Å². The second-order valence-corrected chi connectivity index (χ2v) is 6.65. The van der Waals surface area contributed by atoms with Crippen molar-refractivity contribution in [3.8, 4) is 0 Å². The number of hydrogen-bond acceptors (Lipinski definition) is 3. The molecule has 2 aromatic carbocycles. The number of carbonyl (C=O) groups excluding carboxylic acids is 2. The summed E-state index contributed by atoms with van der Waals surface area (Å²) >= 11 is 6.01. The molecule has 1 atom stereocenters. The average Bonchev–Trinajstić information content (AvgIpc) is 2.95. The van der Waals surface area contributed by atoms with Crippen molar-refractivity contribution in [2.24, 2.45) is 0 Å². The minimum atomic E-state index is -1.14. The van der Waals surface area contributed by atoms with Gasteiger partial charge in [0.2, 0.25) is 0 Å². The molecule has 0 radical (unpaired) electrons. The van der Waals surface area contributed by atoms with Gasteiger partial charge in [0.15, 0.2) is 0 Å². The van der Waals surface area contributed by atoms with Crippen molar-refractivity contribution in [1.82, 2.24) is 5.32 Å². The number of fused-ring (bicyclic) bond motifs is 1. The lowest BCUT2D eigenvalue weighted by Crippen LogP contribution is -2.43. The molecule has 5 nitrogen and oxygen atoms in total. The molecule has 2 aromatic rings. The summed E-state index contributed by atoms with van der Waals surface area (Å²) in [4.78, 5) is 24.2. The van der Waals surface area contributed by atoms with Gasteiger partial charge < -0.3 is 15.7 Å². The third-order valence-electron chi connectivity index (χ3n) is 4.59. The van der Waals surface area contributed by atoms with Crippen LogP contribution in [-0.4, -0.2) is 23.5 Å². The van der Waals surface area contributed by atoms with E-state index < -0.39 is 17.4 Å². The average molecular weight is 359 g/mol. The van der Waals surface area contributed by atoms with Crippen LogP contribution in [0.4, 0.5) is 5.69 Å². The van der Waals surface area contributed by atoms with Crippen molar-refractivity contribution >= 4 is 29.1 Å². The maximum absolute atomic E-state index is 12.1. The minimum Gasteiger partial charge on any atom is -0.383 e. The molecule has 0 aromatic heterocycles. The van der Waals surface area contributed by atoms with Crippen molar-refractivity contribution in [1.29, 1.82) is 0 Å². The molecule has 130 valence electrons. The molecule has 2 amide bonds. The smallest absolute Gasteiger partial charge is 0.313 e. The number of hydrogen-bond donors (Lipinski definition) is 3. The largest absolute Gasteiger partial charge is 0.383 e. The first kappa shape index (κ1) is 17.5. The van der Waals surface area contributed by atoms with Gasteiger partial charge in [-0.1, -0.05) is 41.9 Å². The molecule has 0 bridgehead atoms. The summed E-state index contributed by atoms with van der Waals surface area (Å²) in [6.45, 7) is 1.75. The molecule has 25 heavy (non-hydrogen) atoms. The number of amides is 2. The van der Waals surface area contributed by atoms with E-state index in [2.05, 4.69) is 10.6 Å². The lowest BCUT2D eigenvalue weighted by atomic mass is 9.96. The number of rotatable bonds is 3. The Kier molecular flexibility index (Phi) is 4.79. The molecule has 6 heteroatoms. The van der Waals surface area contributed by atoms with E-state index in [-0.39, 0.29) is 6.54 Å². The van der Waals surface area contributed by atoms with Gasteiger partial charge in [0.1, 0.15) is 5.60 Å². The molecule has 1 aliphatic carbocycles. The molecule has 0 saturated heterocycles. The van der Waals surface area contributed by atoms with Crippen LogP contribution in [0, 0.1) is 6.92 Å². The van der Waals surface area contributed by atoms with E-state index in [0.29, 0.717) is 22.7 Å². The molecule has 0 unspecified atom stereocenters. The molecule has 0 fully saturated rings. The van der Waals surface area contributed by atoms with Crippen LogP contribution in [0.5, 0.6) is 0 Å². The quantitative estimate of drug-likeness (QED) is 0.738. The molecule has 1 aliphatic rings. The van der Waals surface area contributed by atoms with Crippen molar-refractivity contribution in [2.75, 3.05) is 11.9 Å². The van der Waals surface area contributed by atoms with Crippen LogP contribution in [-0.2, 0) is 21.6 Å². The highest BCUT2D eigenvalue weighted by Gasteiger charge is 2.37. The standard InChI is InChI=1S/C19H19ClN2O3/c1-12-15(20)7-4-8-16(12)22-18(24)17(23)21-11-19(25)10-9-13-5-2-3-6-14(13)19/h2-8,25H,9-11H2,1H3,(H,21,23)(H,22,24)/t19-/m0/s1. The summed E-state index contributed by atoms with van der Waals surface area (Å²) in [5.74, 6) is -1.59. The zero-order valence-electron chi connectivity index (χ0n) is 13.8. The molecule has 0 heterocycles. The fourth-order valence-electron chi connectivity index (χ4n) is 3.08. The van der Waals surface area contributed by atoms with Gasteiger partial charge in [0.05, 0.1) is 6.54 Å². The van der Waals surface area contributed by atoms with E-state index in [4.69, 9.17) is 11.6 Å². The van der Waals surface area contributed by atoms with E-state index >= 15 is 0 Å². The Bertz CT molecular complexity index is 837. The van der Waals surface area contributed by atoms with E-state index in [9.17, 15) is 14.7 Å². The monoisotopic (exact) mass is 358 g/mol. The summed E-state index contributed by atoms with van der Waals surface area (Å²) in [5, 5.41) is 16.4. The maximum Gasteiger partial charge on any atom is 0.313 e. The summed E-state index contributed by atoms with van der Waals surface area (Å²) in [7, 11) is 0. The Morgan fingerprint density at radius 3 is 2.72 bits per heavy atom. The first-order valence-corrected chi connectivity index (χ1v) is 8.43. The second-order valence-electron chi connectivity index (χ2n) is 6.24. The van der Waals surface area contributed by atoms with Gasteiger partial charge in [-0.3, -0.25) is 9.59 Å². The van der Waals surface area contributed by atoms with Crippen LogP contribution in [0.2, 0.25) is 5.02 Å². The normalized spacial score (nSPS) is 18.5. The molecule has 3 N–H and O–H groups in total. The number of aryl methyl sites for hydroxylation is 1. The molecule has 0 aliphatic heterocycles. The number of aliphatic hydroxyl groups is 1. The van der Waals surface area contributed by atoms with E-state index in [1.54, 1.807) is 25.1 Å². The molecular formula is C19H19ClN2O3. The highest BCUT2D eigenvalue weighted by Crippen LogP contribution is 2.36. The number of benzene rings is 2. The van der Waals surface area contributed by atoms with Crippen LogP contribution in [0.3, 0.4) is 0 Å². The predicted octanol–water partition coefficient (Wildman–Crippen LogP) is 2.54. The molecule has 0 saturated carbocycles. The fraction of sp³-hybridized carbons (Fsp3) is 0.263. The van der Waals surface area contributed by atoms with Crippen LogP contribution in [0.1, 0.15) is 23.1 Å².